The number of aryl methyl sites for hydroxylation is 1. The van der Waals surface area contributed by atoms with Gasteiger partial charge in [-0.15, -0.1) is 0 Å². The van der Waals surface area contributed by atoms with Crippen molar-refractivity contribution < 1.29 is 14.3 Å². The first kappa shape index (κ1) is 23.6. The van der Waals surface area contributed by atoms with Gasteiger partial charge in [0.25, 0.3) is 5.91 Å². The Morgan fingerprint density at radius 1 is 1.12 bits per heavy atom. The normalized spacial score (nSPS) is 17.3. The number of carbonyl (C=O) groups is 1. The number of hydrogen-bond donors (Lipinski definition) is 1. The van der Waals surface area contributed by atoms with E-state index in [1.165, 1.54) is 23.2 Å². The van der Waals surface area contributed by atoms with Gasteiger partial charge in [-0.2, -0.15) is 0 Å². The van der Waals surface area contributed by atoms with Crippen molar-refractivity contribution in [3.8, 4) is 5.75 Å². The molecule has 1 saturated heterocycles. The van der Waals surface area contributed by atoms with Gasteiger partial charge >= 0.3 is 0 Å². The number of nitrogens with one attached hydrogen (secondary N) is 1. The molecule has 0 bridgehead atoms. The van der Waals surface area contributed by atoms with Crippen molar-refractivity contribution in [3.63, 3.8) is 0 Å². The number of benzene rings is 2. The number of nitrogens with zero attached hydrogens (tertiary/aromatic N) is 2. The molecule has 0 aliphatic carbocycles. The third-order valence-electron chi connectivity index (χ3n) is 6.66. The summed E-state index contributed by atoms with van der Waals surface area (Å²) in [6.07, 6.45) is 4.43. The lowest BCUT2D eigenvalue weighted by molar-refractivity contribution is 0.0162. The van der Waals surface area contributed by atoms with E-state index in [-0.39, 0.29) is 11.9 Å². The summed E-state index contributed by atoms with van der Waals surface area (Å²) in [5, 5.41) is 3.18. The van der Waals surface area contributed by atoms with Gasteiger partial charge in [0.1, 0.15) is 5.75 Å². The summed E-state index contributed by atoms with van der Waals surface area (Å²) >= 11 is 0. The lowest BCUT2D eigenvalue weighted by Gasteiger charge is -2.36. The second kappa shape index (κ2) is 11.5. The summed E-state index contributed by atoms with van der Waals surface area (Å²) in [7, 11) is 2.16. The van der Waals surface area contributed by atoms with Gasteiger partial charge in [-0.05, 0) is 60.7 Å². The summed E-state index contributed by atoms with van der Waals surface area (Å²) in [4.78, 5) is 17.7. The minimum absolute atomic E-state index is 0.0499. The van der Waals surface area contributed by atoms with Crippen LogP contribution in [0.5, 0.6) is 5.75 Å². The van der Waals surface area contributed by atoms with Gasteiger partial charge in [-0.25, -0.2) is 0 Å². The van der Waals surface area contributed by atoms with E-state index in [0.29, 0.717) is 18.7 Å². The second-order valence-corrected chi connectivity index (χ2v) is 9.01. The van der Waals surface area contributed by atoms with Crippen LogP contribution in [0.3, 0.4) is 0 Å². The molecule has 1 atom stereocenters. The molecule has 6 nitrogen and oxygen atoms in total. The lowest BCUT2D eigenvalue weighted by atomic mass is 9.95. The van der Waals surface area contributed by atoms with E-state index in [0.717, 1.165) is 57.9 Å². The van der Waals surface area contributed by atoms with Crippen LogP contribution in [-0.4, -0.2) is 63.9 Å². The van der Waals surface area contributed by atoms with Crippen molar-refractivity contribution in [2.75, 3.05) is 57.9 Å². The van der Waals surface area contributed by atoms with E-state index in [4.69, 9.17) is 9.47 Å². The van der Waals surface area contributed by atoms with Crippen LogP contribution in [0.4, 0.5) is 5.69 Å². The van der Waals surface area contributed by atoms with Crippen LogP contribution in [0.25, 0.3) is 0 Å². The fourth-order valence-electron chi connectivity index (χ4n) is 4.69. The Balaban J connectivity index is 1.44. The van der Waals surface area contributed by atoms with Crippen molar-refractivity contribution in [2.24, 2.45) is 0 Å². The number of carbonyl (C=O) groups excluding carboxylic acids is 1. The Morgan fingerprint density at radius 3 is 2.67 bits per heavy atom. The molecule has 2 heterocycles. The highest BCUT2D eigenvalue weighted by Crippen LogP contribution is 2.31. The van der Waals surface area contributed by atoms with Gasteiger partial charge in [0.2, 0.25) is 0 Å². The molecule has 2 aliphatic rings. The van der Waals surface area contributed by atoms with Gasteiger partial charge in [-0.3, -0.25) is 9.69 Å². The van der Waals surface area contributed by atoms with Crippen LogP contribution >= 0.6 is 0 Å². The van der Waals surface area contributed by atoms with Crippen LogP contribution in [0.2, 0.25) is 0 Å². The first-order valence-electron chi connectivity index (χ1n) is 12.3. The van der Waals surface area contributed by atoms with Crippen LogP contribution in [0.15, 0.2) is 42.5 Å². The molecule has 1 N–H and O–H groups in total. The number of rotatable bonds is 9. The molecule has 0 spiro atoms. The van der Waals surface area contributed by atoms with Crippen molar-refractivity contribution in [1.82, 2.24) is 10.2 Å². The molecule has 178 valence electrons. The van der Waals surface area contributed by atoms with E-state index in [2.05, 4.69) is 47.3 Å². The molecular formula is C27H37N3O3. The SMILES string of the molecule is CCCCOc1ccc(C(=O)NC[C@H](c2ccc3c(c2)CCCN3C)N2CCOCC2)cc1. The predicted molar refractivity (Wildman–Crippen MR) is 132 cm³/mol. The first-order valence-corrected chi connectivity index (χ1v) is 12.3. The Hall–Kier alpha value is -2.57. The third kappa shape index (κ3) is 6.06. The van der Waals surface area contributed by atoms with Crippen molar-refractivity contribution in [1.29, 1.82) is 0 Å². The highest BCUT2D eigenvalue weighted by Gasteiger charge is 2.25. The zero-order valence-electron chi connectivity index (χ0n) is 20.0. The molecule has 0 saturated carbocycles. The van der Waals surface area contributed by atoms with Gasteiger partial charge < -0.3 is 19.7 Å². The number of anilines is 1. The summed E-state index contributed by atoms with van der Waals surface area (Å²) in [6.45, 7) is 7.75. The summed E-state index contributed by atoms with van der Waals surface area (Å²) in [5.41, 5.74) is 4.66. The van der Waals surface area contributed by atoms with Crippen LogP contribution in [0, 0.1) is 0 Å². The number of ether oxygens (including phenoxy) is 2. The number of fused-ring (bicyclic) bond motifs is 1. The van der Waals surface area contributed by atoms with Crippen molar-refractivity contribution in [3.05, 3.63) is 59.2 Å². The highest BCUT2D eigenvalue weighted by atomic mass is 16.5. The van der Waals surface area contributed by atoms with E-state index >= 15 is 0 Å². The fourth-order valence-corrected chi connectivity index (χ4v) is 4.69. The maximum atomic E-state index is 12.9. The Labute approximate surface area is 197 Å². The summed E-state index contributed by atoms with van der Waals surface area (Å²) in [6, 6.07) is 14.4. The van der Waals surface area contributed by atoms with E-state index < -0.39 is 0 Å². The Morgan fingerprint density at radius 2 is 1.91 bits per heavy atom. The maximum Gasteiger partial charge on any atom is 0.251 e. The van der Waals surface area contributed by atoms with E-state index in [1.54, 1.807) is 0 Å². The van der Waals surface area contributed by atoms with Crippen molar-refractivity contribution in [2.45, 2.75) is 38.6 Å². The topological polar surface area (TPSA) is 54.0 Å². The largest absolute Gasteiger partial charge is 0.494 e. The Bertz CT molecular complexity index is 909. The Kier molecular flexibility index (Phi) is 8.24. The summed E-state index contributed by atoms with van der Waals surface area (Å²) < 4.78 is 11.3. The standard InChI is InChI=1S/C27H37N3O3/c1-3-4-16-33-24-10-7-21(8-11-24)27(31)28-20-26(30-14-17-32-18-15-30)23-9-12-25-22(19-23)6-5-13-29(25)2/h7-12,19,26H,3-6,13-18,20H2,1-2H3,(H,28,31)/t26-/m1/s1. The second-order valence-electron chi connectivity index (χ2n) is 9.01. The average Bonchev–Trinajstić information content (AvgIpc) is 2.85. The van der Waals surface area contributed by atoms with Gasteiger partial charge in [-0.1, -0.05) is 25.5 Å². The molecule has 0 aromatic heterocycles. The van der Waals surface area contributed by atoms with Gasteiger partial charge in [0, 0.05) is 44.5 Å². The molecule has 2 aliphatic heterocycles. The first-order chi connectivity index (χ1) is 16.2. The monoisotopic (exact) mass is 451 g/mol. The molecule has 2 aromatic rings. The minimum Gasteiger partial charge on any atom is -0.494 e. The molecule has 2 aromatic carbocycles. The lowest BCUT2D eigenvalue weighted by Crippen LogP contribution is -2.44. The zero-order chi connectivity index (χ0) is 23.0. The number of amides is 1. The molecule has 33 heavy (non-hydrogen) atoms. The quantitative estimate of drug-likeness (QED) is 0.583. The minimum atomic E-state index is -0.0499. The average molecular weight is 452 g/mol. The van der Waals surface area contributed by atoms with Crippen LogP contribution < -0.4 is 15.0 Å². The molecule has 1 amide bonds. The van der Waals surface area contributed by atoms with Crippen LogP contribution in [-0.2, 0) is 11.2 Å². The molecule has 4 rings (SSSR count). The van der Waals surface area contributed by atoms with E-state index in [9.17, 15) is 4.79 Å². The number of morpholine rings is 1. The highest BCUT2D eigenvalue weighted by molar-refractivity contribution is 5.94. The molecule has 6 heteroatoms. The van der Waals surface area contributed by atoms with Gasteiger partial charge in [0.05, 0.1) is 25.9 Å². The molecule has 0 unspecified atom stereocenters. The maximum absolute atomic E-state index is 12.9. The molecule has 1 fully saturated rings. The smallest absolute Gasteiger partial charge is 0.251 e. The molecular weight excluding hydrogens is 414 g/mol. The van der Waals surface area contributed by atoms with Crippen molar-refractivity contribution >= 4 is 11.6 Å². The number of unbranched alkanes of at least 4 members (excludes halogenated alkanes) is 1. The predicted octanol–water partition coefficient (Wildman–Crippen LogP) is 4.05. The zero-order valence-corrected chi connectivity index (χ0v) is 20.0. The van der Waals surface area contributed by atoms with Crippen LogP contribution in [0.1, 0.15) is 53.7 Å². The fraction of sp³-hybridized carbons (Fsp3) is 0.519. The summed E-state index contributed by atoms with van der Waals surface area (Å²) in [5.74, 6) is 0.760. The number of hydrogen-bond acceptors (Lipinski definition) is 5. The third-order valence-corrected chi connectivity index (χ3v) is 6.66. The van der Waals surface area contributed by atoms with E-state index in [1.807, 2.05) is 24.3 Å². The molecule has 0 radical (unpaired) electrons. The van der Waals surface area contributed by atoms with Gasteiger partial charge in [0.15, 0.2) is 0 Å².